The third-order valence-corrected chi connectivity index (χ3v) is 4.73. The number of anilines is 2. The second kappa shape index (κ2) is 5.82. The summed E-state index contributed by atoms with van der Waals surface area (Å²) in [6.45, 7) is 7.76. The van der Waals surface area contributed by atoms with Crippen molar-refractivity contribution in [2.75, 3.05) is 17.2 Å². The van der Waals surface area contributed by atoms with Gasteiger partial charge in [-0.3, -0.25) is 0 Å². The van der Waals surface area contributed by atoms with Crippen LogP contribution in [0.3, 0.4) is 0 Å². The molecule has 0 saturated heterocycles. The first-order valence-corrected chi connectivity index (χ1v) is 8.45. The molecule has 0 bridgehead atoms. The Morgan fingerprint density at radius 3 is 2.38 bits per heavy atom. The fourth-order valence-corrected chi connectivity index (χ4v) is 3.09. The Labute approximate surface area is 128 Å². The zero-order valence-corrected chi connectivity index (χ0v) is 13.6. The molecule has 0 atom stereocenters. The lowest BCUT2D eigenvalue weighted by molar-refractivity contribution is 0.232. The van der Waals surface area contributed by atoms with Gasteiger partial charge in [-0.1, -0.05) is 13.8 Å². The number of nitrogens with zero attached hydrogens (tertiary/aromatic N) is 2. The molecular formula is C17H28N4. The van der Waals surface area contributed by atoms with Crippen molar-refractivity contribution in [2.45, 2.75) is 71.3 Å². The molecule has 1 heterocycles. The predicted octanol–water partition coefficient (Wildman–Crippen LogP) is 4.17. The fourth-order valence-electron chi connectivity index (χ4n) is 3.09. The summed E-state index contributed by atoms with van der Waals surface area (Å²) in [5, 5.41) is 6.98. The minimum atomic E-state index is 0.512. The number of aromatic nitrogens is 2. The monoisotopic (exact) mass is 288 g/mol. The summed E-state index contributed by atoms with van der Waals surface area (Å²) in [5.41, 5.74) is 0.512. The van der Waals surface area contributed by atoms with E-state index in [-0.39, 0.29) is 0 Å². The summed E-state index contributed by atoms with van der Waals surface area (Å²) in [6, 6.07) is 2.63. The van der Waals surface area contributed by atoms with Crippen molar-refractivity contribution in [1.29, 1.82) is 0 Å². The highest BCUT2D eigenvalue weighted by atomic mass is 15.1. The summed E-state index contributed by atoms with van der Waals surface area (Å²) in [6.07, 6.45) is 7.56. The van der Waals surface area contributed by atoms with Gasteiger partial charge in [0.25, 0.3) is 0 Å². The van der Waals surface area contributed by atoms with Crippen LogP contribution < -0.4 is 10.6 Å². The maximum Gasteiger partial charge on any atom is 0.136 e. The third-order valence-electron chi connectivity index (χ3n) is 4.73. The van der Waals surface area contributed by atoms with Crippen molar-refractivity contribution >= 4 is 11.6 Å². The van der Waals surface area contributed by atoms with E-state index in [1.54, 1.807) is 0 Å². The molecule has 0 unspecified atom stereocenters. The van der Waals surface area contributed by atoms with Gasteiger partial charge in [0.2, 0.25) is 0 Å². The molecule has 0 amide bonds. The van der Waals surface area contributed by atoms with Crippen LogP contribution in [0.15, 0.2) is 6.07 Å². The van der Waals surface area contributed by atoms with Gasteiger partial charge in [0, 0.05) is 24.6 Å². The smallest absolute Gasteiger partial charge is 0.136 e. The lowest BCUT2D eigenvalue weighted by Crippen LogP contribution is -2.30. The number of nitrogens with one attached hydrogen (secondary N) is 2. The molecule has 2 aliphatic rings. The molecule has 2 aliphatic carbocycles. The van der Waals surface area contributed by atoms with Crippen LogP contribution in [-0.2, 0) is 0 Å². The lowest BCUT2D eigenvalue weighted by Gasteiger charge is -2.34. The van der Waals surface area contributed by atoms with Crippen LogP contribution in [0.2, 0.25) is 0 Å². The summed E-state index contributed by atoms with van der Waals surface area (Å²) in [4.78, 5) is 9.38. The molecule has 4 nitrogen and oxygen atoms in total. The van der Waals surface area contributed by atoms with Gasteiger partial charge in [0.05, 0.1) is 0 Å². The van der Waals surface area contributed by atoms with Gasteiger partial charge in [-0.05, 0) is 50.9 Å². The second-order valence-corrected chi connectivity index (χ2v) is 7.38. The molecule has 21 heavy (non-hydrogen) atoms. The first-order valence-electron chi connectivity index (χ1n) is 8.45. The topological polar surface area (TPSA) is 49.8 Å². The third kappa shape index (κ3) is 3.86. The SMILES string of the molecule is CCNc1cc(NC2CCC(C)(C)CC2)nc(C2CC2)n1. The Hall–Kier alpha value is -1.32. The van der Waals surface area contributed by atoms with Crippen LogP contribution in [0.25, 0.3) is 0 Å². The normalized spacial score (nSPS) is 22.0. The van der Waals surface area contributed by atoms with Gasteiger partial charge in [-0.2, -0.15) is 0 Å². The average molecular weight is 288 g/mol. The second-order valence-electron chi connectivity index (χ2n) is 7.38. The van der Waals surface area contributed by atoms with Crippen LogP contribution in [0, 0.1) is 5.41 Å². The summed E-state index contributed by atoms with van der Waals surface area (Å²) in [5.74, 6) is 3.59. The highest BCUT2D eigenvalue weighted by Crippen LogP contribution is 2.39. The van der Waals surface area contributed by atoms with Crippen LogP contribution in [0.5, 0.6) is 0 Å². The van der Waals surface area contributed by atoms with Crippen molar-refractivity contribution in [1.82, 2.24) is 9.97 Å². The predicted molar refractivity (Wildman–Crippen MR) is 87.8 cm³/mol. The van der Waals surface area contributed by atoms with Crippen molar-refractivity contribution in [3.8, 4) is 0 Å². The van der Waals surface area contributed by atoms with Crippen LogP contribution in [-0.4, -0.2) is 22.6 Å². The van der Waals surface area contributed by atoms with E-state index in [1.807, 2.05) is 0 Å². The van der Waals surface area contributed by atoms with Crippen molar-refractivity contribution in [3.63, 3.8) is 0 Å². The average Bonchev–Trinajstić information content (AvgIpc) is 3.26. The molecule has 0 spiro atoms. The number of hydrogen-bond donors (Lipinski definition) is 2. The molecule has 0 aromatic carbocycles. The number of hydrogen-bond acceptors (Lipinski definition) is 4. The Bertz CT molecular complexity index is 484. The van der Waals surface area contributed by atoms with Crippen molar-refractivity contribution < 1.29 is 0 Å². The molecule has 2 N–H and O–H groups in total. The van der Waals surface area contributed by atoms with Gasteiger partial charge >= 0.3 is 0 Å². The van der Waals surface area contributed by atoms with Crippen LogP contribution in [0.4, 0.5) is 11.6 Å². The van der Waals surface area contributed by atoms with Gasteiger partial charge in [0.15, 0.2) is 0 Å². The van der Waals surface area contributed by atoms with Crippen LogP contribution >= 0.6 is 0 Å². The first-order chi connectivity index (χ1) is 10.1. The van der Waals surface area contributed by atoms with E-state index < -0.39 is 0 Å². The molecule has 1 aromatic rings. The van der Waals surface area contributed by atoms with Crippen molar-refractivity contribution in [2.24, 2.45) is 5.41 Å². The molecule has 4 heteroatoms. The van der Waals surface area contributed by atoms with Crippen molar-refractivity contribution in [3.05, 3.63) is 11.9 Å². The van der Waals surface area contributed by atoms with Gasteiger partial charge in [0.1, 0.15) is 17.5 Å². The maximum absolute atomic E-state index is 4.75. The highest BCUT2D eigenvalue weighted by Gasteiger charge is 2.29. The van der Waals surface area contributed by atoms with E-state index in [2.05, 4.69) is 42.5 Å². The molecule has 1 aromatic heterocycles. The van der Waals surface area contributed by atoms with E-state index in [1.165, 1.54) is 38.5 Å². The van der Waals surface area contributed by atoms with Gasteiger partial charge < -0.3 is 10.6 Å². The largest absolute Gasteiger partial charge is 0.370 e. The van der Waals surface area contributed by atoms with E-state index in [0.29, 0.717) is 17.4 Å². The zero-order valence-electron chi connectivity index (χ0n) is 13.6. The first kappa shape index (κ1) is 14.6. The minimum absolute atomic E-state index is 0.512. The highest BCUT2D eigenvalue weighted by molar-refractivity contribution is 5.48. The molecule has 0 radical (unpaired) electrons. The Morgan fingerprint density at radius 1 is 1.10 bits per heavy atom. The molecule has 2 fully saturated rings. The van der Waals surface area contributed by atoms with Gasteiger partial charge in [-0.25, -0.2) is 9.97 Å². The quantitative estimate of drug-likeness (QED) is 0.854. The minimum Gasteiger partial charge on any atom is -0.370 e. The van der Waals surface area contributed by atoms with E-state index in [0.717, 1.165) is 24.0 Å². The molecule has 0 aliphatic heterocycles. The zero-order chi connectivity index (χ0) is 14.9. The summed E-state index contributed by atoms with van der Waals surface area (Å²) < 4.78 is 0. The number of rotatable bonds is 5. The maximum atomic E-state index is 4.75. The van der Waals surface area contributed by atoms with E-state index in [4.69, 9.17) is 4.98 Å². The molecular weight excluding hydrogens is 260 g/mol. The Kier molecular flexibility index (Phi) is 4.05. The lowest BCUT2D eigenvalue weighted by atomic mass is 9.75. The van der Waals surface area contributed by atoms with Crippen LogP contribution in [0.1, 0.15) is 71.0 Å². The Balaban J connectivity index is 1.69. The van der Waals surface area contributed by atoms with Gasteiger partial charge in [-0.15, -0.1) is 0 Å². The molecule has 2 saturated carbocycles. The summed E-state index contributed by atoms with van der Waals surface area (Å²) in [7, 11) is 0. The Morgan fingerprint density at radius 2 is 1.76 bits per heavy atom. The van der Waals surface area contributed by atoms with E-state index in [9.17, 15) is 0 Å². The fraction of sp³-hybridized carbons (Fsp3) is 0.765. The van der Waals surface area contributed by atoms with E-state index >= 15 is 0 Å². The molecule has 116 valence electrons. The molecule has 3 rings (SSSR count). The standard InChI is InChI=1S/C17H28N4/c1-4-18-14-11-15(21-16(20-14)12-5-6-12)19-13-7-9-17(2,3)10-8-13/h11-13H,4-10H2,1-3H3,(H2,18,19,20,21). The summed E-state index contributed by atoms with van der Waals surface area (Å²) >= 11 is 0.